The van der Waals surface area contributed by atoms with E-state index in [2.05, 4.69) is 182 Å². The van der Waals surface area contributed by atoms with E-state index in [1.807, 2.05) is 0 Å². The third-order valence-corrected chi connectivity index (χ3v) is 10.4. The van der Waals surface area contributed by atoms with Crippen LogP contribution in [0.3, 0.4) is 0 Å². The standard InChI is InChI=1S/C49H32/c1-2-22-38-42(23-3-1)48(43-27-11-8-24-39(43)46(38)36-30-14-18-32-16-4-6-20-34(32)36)49-44-28-12-9-25-40(44)47(41-26-10-13-29-45(41)49)37-31-15-19-33-17-5-7-21-35(33)37/h2-31H,1H2. The molecule has 9 aromatic rings. The first-order valence-corrected chi connectivity index (χ1v) is 17.2. The third-order valence-electron chi connectivity index (χ3n) is 10.4. The Kier molecular flexibility index (Phi) is 6.35. The van der Waals surface area contributed by atoms with Gasteiger partial charge in [-0.25, -0.2) is 0 Å². The van der Waals surface area contributed by atoms with Gasteiger partial charge in [-0.05, 0) is 105 Å². The SMILES string of the molecule is C1=Cc2c(c(-c3c4ccccc4c(-c4cccc5ccccc45)c4ccccc34)c3ccccc3c2-c2cccc3ccccc23)C=CC1. The van der Waals surface area contributed by atoms with Crippen LogP contribution in [0.15, 0.2) is 170 Å². The quantitative estimate of drug-likeness (QED) is 0.172. The molecule has 1 aliphatic carbocycles. The fourth-order valence-electron chi connectivity index (χ4n) is 8.41. The van der Waals surface area contributed by atoms with Crippen molar-refractivity contribution < 1.29 is 0 Å². The molecule has 0 nitrogen and oxygen atoms in total. The van der Waals surface area contributed by atoms with Gasteiger partial charge < -0.3 is 0 Å². The third kappa shape index (κ3) is 4.24. The van der Waals surface area contributed by atoms with Gasteiger partial charge in [0.15, 0.2) is 0 Å². The summed E-state index contributed by atoms with van der Waals surface area (Å²) in [4.78, 5) is 0. The molecule has 0 amide bonds. The molecule has 0 aromatic heterocycles. The molecule has 0 N–H and O–H groups in total. The zero-order valence-electron chi connectivity index (χ0n) is 27.0. The minimum absolute atomic E-state index is 0.904. The number of hydrogen-bond acceptors (Lipinski definition) is 0. The summed E-state index contributed by atoms with van der Waals surface area (Å²) in [5.41, 5.74) is 10.3. The molecule has 0 saturated heterocycles. The Labute approximate surface area is 285 Å². The maximum Gasteiger partial charge on any atom is -0.00139 e. The monoisotopic (exact) mass is 620 g/mol. The Hall–Kier alpha value is -6.24. The predicted octanol–water partition coefficient (Wildman–Crippen LogP) is 13.9. The van der Waals surface area contributed by atoms with Crippen molar-refractivity contribution in [1.82, 2.24) is 0 Å². The molecule has 0 heteroatoms. The van der Waals surface area contributed by atoms with Gasteiger partial charge >= 0.3 is 0 Å². The highest BCUT2D eigenvalue weighted by Crippen LogP contribution is 2.51. The van der Waals surface area contributed by atoms with Gasteiger partial charge in [-0.1, -0.05) is 182 Å². The second kappa shape index (κ2) is 11.2. The van der Waals surface area contributed by atoms with E-state index in [0.717, 1.165) is 6.42 Å². The molecule has 0 spiro atoms. The molecular weight excluding hydrogens is 589 g/mol. The summed E-state index contributed by atoms with van der Waals surface area (Å²) in [6, 6.07) is 58.2. The molecule has 228 valence electrons. The summed E-state index contributed by atoms with van der Waals surface area (Å²) >= 11 is 0. The fraction of sp³-hybridized carbons (Fsp3) is 0.0204. The Morgan fingerprint density at radius 3 is 1.12 bits per heavy atom. The minimum atomic E-state index is 0.904. The van der Waals surface area contributed by atoms with E-state index in [1.165, 1.54) is 98.4 Å². The molecule has 0 unspecified atom stereocenters. The smallest absolute Gasteiger partial charge is 0.00139 e. The van der Waals surface area contributed by atoms with E-state index in [-0.39, 0.29) is 0 Å². The Morgan fingerprint density at radius 1 is 0.265 bits per heavy atom. The highest BCUT2D eigenvalue weighted by atomic mass is 14.3. The Morgan fingerprint density at radius 2 is 0.612 bits per heavy atom. The van der Waals surface area contributed by atoms with Gasteiger partial charge in [0.25, 0.3) is 0 Å². The average Bonchev–Trinajstić information content (AvgIpc) is 3.42. The first-order chi connectivity index (χ1) is 24.4. The first-order valence-electron chi connectivity index (χ1n) is 17.2. The van der Waals surface area contributed by atoms with Crippen LogP contribution in [0.2, 0.25) is 0 Å². The van der Waals surface area contributed by atoms with E-state index in [9.17, 15) is 0 Å². The number of allylic oxidation sites excluding steroid dienone is 2. The molecular formula is C49H32. The van der Waals surface area contributed by atoms with Crippen LogP contribution in [0.25, 0.3) is 99.4 Å². The van der Waals surface area contributed by atoms with Crippen molar-refractivity contribution in [2.75, 3.05) is 0 Å². The van der Waals surface area contributed by atoms with Crippen molar-refractivity contribution in [3.8, 4) is 33.4 Å². The zero-order valence-corrected chi connectivity index (χ0v) is 27.0. The van der Waals surface area contributed by atoms with Crippen LogP contribution >= 0.6 is 0 Å². The molecule has 0 bridgehead atoms. The van der Waals surface area contributed by atoms with Gasteiger partial charge in [0.05, 0.1) is 0 Å². The lowest BCUT2D eigenvalue weighted by Crippen LogP contribution is -1.98. The summed E-state index contributed by atoms with van der Waals surface area (Å²) in [6.45, 7) is 0. The topological polar surface area (TPSA) is 0 Å². The van der Waals surface area contributed by atoms with Crippen LogP contribution in [-0.2, 0) is 0 Å². The summed E-state index contributed by atoms with van der Waals surface area (Å²) < 4.78 is 0. The van der Waals surface area contributed by atoms with Gasteiger partial charge in [0, 0.05) is 0 Å². The summed E-state index contributed by atoms with van der Waals surface area (Å²) in [5, 5.41) is 12.7. The van der Waals surface area contributed by atoms with Gasteiger partial charge in [-0.15, -0.1) is 0 Å². The van der Waals surface area contributed by atoms with E-state index < -0.39 is 0 Å². The lowest BCUT2D eigenvalue weighted by atomic mass is 9.79. The van der Waals surface area contributed by atoms with Crippen LogP contribution in [-0.4, -0.2) is 0 Å². The number of hydrogen-bond donors (Lipinski definition) is 0. The van der Waals surface area contributed by atoms with Crippen LogP contribution in [0.5, 0.6) is 0 Å². The van der Waals surface area contributed by atoms with Crippen molar-refractivity contribution in [3.63, 3.8) is 0 Å². The Bertz CT molecular complexity index is 2780. The first kappa shape index (κ1) is 27.8. The molecule has 0 radical (unpaired) electrons. The fourth-order valence-corrected chi connectivity index (χ4v) is 8.41. The summed E-state index contributed by atoms with van der Waals surface area (Å²) in [5.74, 6) is 0. The molecule has 9 aromatic carbocycles. The van der Waals surface area contributed by atoms with E-state index in [0.29, 0.717) is 0 Å². The van der Waals surface area contributed by atoms with E-state index in [1.54, 1.807) is 0 Å². The molecule has 0 heterocycles. The molecule has 1 aliphatic rings. The van der Waals surface area contributed by atoms with Gasteiger partial charge in [0.2, 0.25) is 0 Å². The van der Waals surface area contributed by atoms with Gasteiger partial charge in [0.1, 0.15) is 0 Å². The highest BCUT2D eigenvalue weighted by molar-refractivity contribution is 6.27. The molecule has 10 rings (SSSR count). The summed E-state index contributed by atoms with van der Waals surface area (Å²) in [6.07, 6.45) is 10.3. The second-order valence-electron chi connectivity index (χ2n) is 13.1. The lowest BCUT2D eigenvalue weighted by Gasteiger charge is -2.24. The van der Waals surface area contributed by atoms with Crippen LogP contribution in [0.1, 0.15) is 17.5 Å². The highest BCUT2D eigenvalue weighted by Gasteiger charge is 2.25. The van der Waals surface area contributed by atoms with E-state index >= 15 is 0 Å². The molecule has 0 atom stereocenters. The Balaban J connectivity index is 1.40. The van der Waals surface area contributed by atoms with Crippen molar-refractivity contribution in [3.05, 3.63) is 181 Å². The normalized spacial score (nSPS) is 12.7. The van der Waals surface area contributed by atoms with Gasteiger partial charge in [-0.2, -0.15) is 0 Å². The van der Waals surface area contributed by atoms with Crippen LogP contribution in [0, 0.1) is 0 Å². The van der Waals surface area contributed by atoms with Crippen LogP contribution < -0.4 is 0 Å². The second-order valence-corrected chi connectivity index (χ2v) is 13.1. The molecule has 0 saturated carbocycles. The maximum absolute atomic E-state index is 2.38. The summed E-state index contributed by atoms with van der Waals surface area (Å²) in [7, 11) is 0. The van der Waals surface area contributed by atoms with Gasteiger partial charge in [-0.3, -0.25) is 0 Å². The van der Waals surface area contributed by atoms with Crippen LogP contribution in [0.4, 0.5) is 0 Å². The maximum atomic E-state index is 2.38. The minimum Gasteiger partial charge on any atom is -0.0801 e. The van der Waals surface area contributed by atoms with Crippen molar-refractivity contribution in [2.45, 2.75) is 6.42 Å². The van der Waals surface area contributed by atoms with Crippen molar-refractivity contribution in [2.24, 2.45) is 0 Å². The predicted molar refractivity (Wildman–Crippen MR) is 213 cm³/mol. The van der Waals surface area contributed by atoms with Crippen molar-refractivity contribution >= 4 is 66.0 Å². The van der Waals surface area contributed by atoms with E-state index in [4.69, 9.17) is 0 Å². The van der Waals surface area contributed by atoms with Crippen molar-refractivity contribution in [1.29, 1.82) is 0 Å². The average molecular weight is 621 g/mol. The number of fused-ring (bicyclic) bond motifs is 6. The lowest BCUT2D eigenvalue weighted by molar-refractivity contribution is 1.44. The molecule has 0 fully saturated rings. The largest absolute Gasteiger partial charge is 0.0801 e. The molecule has 49 heavy (non-hydrogen) atoms. The number of benzene rings is 9. The zero-order chi connectivity index (χ0) is 32.3. The number of rotatable bonds is 3. The molecule has 0 aliphatic heterocycles.